The van der Waals surface area contributed by atoms with Gasteiger partial charge in [0, 0.05) is 32.2 Å². The van der Waals surface area contributed by atoms with Crippen LogP contribution in [0.15, 0.2) is 48.5 Å². The maximum atomic E-state index is 13.9. The van der Waals surface area contributed by atoms with Crippen LogP contribution in [0.1, 0.15) is 24.2 Å². The zero-order valence-corrected chi connectivity index (χ0v) is 17.5. The first-order valence-corrected chi connectivity index (χ1v) is 10.1. The normalized spacial score (nSPS) is 15.0. The Morgan fingerprint density at radius 2 is 1.65 bits per heavy atom. The smallest absolute Gasteiger partial charge is 0.292 e. The van der Waals surface area contributed by atoms with Crippen LogP contribution in [0.25, 0.3) is 0 Å². The summed E-state index contributed by atoms with van der Waals surface area (Å²) in [6, 6.07) is 11.3. The van der Waals surface area contributed by atoms with E-state index in [9.17, 15) is 24.1 Å². The lowest BCUT2D eigenvalue weighted by molar-refractivity contribution is -0.384. The molecule has 9 heteroatoms. The highest BCUT2D eigenvalue weighted by molar-refractivity contribution is 5.97. The van der Waals surface area contributed by atoms with Gasteiger partial charge in [0.2, 0.25) is 5.91 Å². The topological polar surface area (TPSA) is 95.8 Å². The minimum absolute atomic E-state index is 0.0273. The Bertz CT molecular complexity index is 973. The number of carbonyl (C=O) groups is 2. The summed E-state index contributed by atoms with van der Waals surface area (Å²) in [5, 5.41) is 14.0. The van der Waals surface area contributed by atoms with Crippen LogP contribution in [-0.4, -0.2) is 53.9 Å². The Kier molecular flexibility index (Phi) is 6.84. The summed E-state index contributed by atoms with van der Waals surface area (Å²) in [7, 11) is 0. The van der Waals surface area contributed by atoms with E-state index in [2.05, 4.69) is 5.32 Å². The molecule has 1 atom stereocenters. The average molecular weight is 428 g/mol. The number of nitro benzene ring substituents is 1. The van der Waals surface area contributed by atoms with Crippen LogP contribution in [0.5, 0.6) is 0 Å². The Hall–Kier alpha value is -3.49. The third-order valence-corrected chi connectivity index (χ3v) is 5.35. The fourth-order valence-corrected chi connectivity index (χ4v) is 3.63. The molecule has 2 aromatic carbocycles. The molecule has 2 aromatic rings. The van der Waals surface area contributed by atoms with E-state index < -0.39 is 22.7 Å². The first-order chi connectivity index (χ1) is 14.8. The van der Waals surface area contributed by atoms with E-state index in [0.717, 1.165) is 0 Å². The van der Waals surface area contributed by atoms with Gasteiger partial charge in [-0.2, -0.15) is 0 Å². The molecule has 0 radical (unpaired) electrons. The number of benzene rings is 2. The highest BCUT2D eigenvalue weighted by Gasteiger charge is 2.32. The van der Waals surface area contributed by atoms with Crippen molar-refractivity contribution >= 4 is 23.2 Å². The molecule has 164 valence electrons. The van der Waals surface area contributed by atoms with E-state index in [-0.39, 0.29) is 23.1 Å². The van der Waals surface area contributed by atoms with Crippen LogP contribution in [0.2, 0.25) is 0 Å². The van der Waals surface area contributed by atoms with Crippen LogP contribution in [0.4, 0.5) is 15.8 Å². The van der Waals surface area contributed by atoms with Gasteiger partial charge >= 0.3 is 0 Å². The van der Waals surface area contributed by atoms with Crippen LogP contribution >= 0.6 is 0 Å². The molecule has 1 heterocycles. The second-order valence-electron chi connectivity index (χ2n) is 7.73. The molecule has 8 nitrogen and oxygen atoms in total. The largest absolute Gasteiger partial charge is 0.362 e. The predicted molar refractivity (Wildman–Crippen MR) is 114 cm³/mol. The summed E-state index contributed by atoms with van der Waals surface area (Å²) in [6.45, 7) is 5.22. The van der Waals surface area contributed by atoms with E-state index in [1.54, 1.807) is 29.2 Å². The highest BCUT2D eigenvalue weighted by atomic mass is 19.1. The second kappa shape index (κ2) is 9.55. The number of halogens is 1. The van der Waals surface area contributed by atoms with Crippen molar-refractivity contribution in [2.24, 2.45) is 5.92 Å². The van der Waals surface area contributed by atoms with Gasteiger partial charge in [0.05, 0.1) is 10.5 Å². The number of carbonyl (C=O) groups excluding carboxylic acids is 2. The van der Waals surface area contributed by atoms with Crippen molar-refractivity contribution in [3.8, 4) is 0 Å². The summed E-state index contributed by atoms with van der Waals surface area (Å²) >= 11 is 0. The monoisotopic (exact) mass is 428 g/mol. The summed E-state index contributed by atoms with van der Waals surface area (Å²) in [4.78, 5) is 40.0. The van der Waals surface area contributed by atoms with Crippen molar-refractivity contribution in [1.29, 1.82) is 0 Å². The van der Waals surface area contributed by atoms with Gasteiger partial charge < -0.3 is 15.1 Å². The molecule has 1 fully saturated rings. The molecule has 0 spiro atoms. The third kappa shape index (κ3) is 4.99. The standard InChI is InChI=1S/C22H25FN4O4/c1-15(2)20(24-21(28)16-7-3-4-8-17(16)23)22(29)26-13-11-25(12-14-26)18-9-5-6-10-19(18)27(30)31/h3-10,15,20H,11-14H2,1-2H3,(H,24,28). The number of para-hydroxylation sites is 2. The molecule has 0 saturated carbocycles. The fourth-order valence-electron chi connectivity index (χ4n) is 3.63. The van der Waals surface area contributed by atoms with Gasteiger partial charge in [-0.1, -0.05) is 38.1 Å². The van der Waals surface area contributed by atoms with E-state index >= 15 is 0 Å². The average Bonchev–Trinajstić information content (AvgIpc) is 2.77. The van der Waals surface area contributed by atoms with Gasteiger partial charge in [-0.15, -0.1) is 0 Å². The number of nitrogens with one attached hydrogen (secondary N) is 1. The molecule has 1 aliphatic rings. The zero-order valence-electron chi connectivity index (χ0n) is 17.5. The molecule has 0 aliphatic carbocycles. The van der Waals surface area contributed by atoms with E-state index in [4.69, 9.17) is 0 Å². The number of hydrogen-bond donors (Lipinski definition) is 1. The van der Waals surface area contributed by atoms with Crippen molar-refractivity contribution in [3.05, 3.63) is 70.0 Å². The number of amides is 2. The molecule has 2 amide bonds. The Morgan fingerprint density at radius 1 is 1.03 bits per heavy atom. The first kappa shape index (κ1) is 22.2. The molecule has 3 rings (SSSR count). The van der Waals surface area contributed by atoms with Crippen molar-refractivity contribution in [1.82, 2.24) is 10.2 Å². The lowest BCUT2D eigenvalue weighted by Gasteiger charge is -2.38. The van der Waals surface area contributed by atoms with Crippen molar-refractivity contribution in [2.75, 3.05) is 31.1 Å². The summed E-state index contributed by atoms with van der Waals surface area (Å²) in [6.07, 6.45) is 0. The fraction of sp³-hybridized carbons (Fsp3) is 0.364. The number of anilines is 1. The summed E-state index contributed by atoms with van der Waals surface area (Å²) < 4.78 is 13.9. The van der Waals surface area contributed by atoms with Crippen LogP contribution in [0.3, 0.4) is 0 Å². The maximum Gasteiger partial charge on any atom is 0.292 e. The van der Waals surface area contributed by atoms with E-state index in [0.29, 0.717) is 31.9 Å². The highest BCUT2D eigenvalue weighted by Crippen LogP contribution is 2.28. The molecule has 1 saturated heterocycles. The van der Waals surface area contributed by atoms with E-state index in [1.165, 1.54) is 24.3 Å². The molecular weight excluding hydrogens is 403 g/mol. The van der Waals surface area contributed by atoms with Gasteiger partial charge in [0.25, 0.3) is 11.6 Å². The summed E-state index contributed by atoms with van der Waals surface area (Å²) in [5.74, 6) is -1.73. The van der Waals surface area contributed by atoms with Gasteiger partial charge in [-0.3, -0.25) is 19.7 Å². The molecule has 31 heavy (non-hydrogen) atoms. The lowest BCUT2D eigenvalue weighted by Crippen LogP contribution is -2.56. The Balaban J connectivity index is 1.67. The molecule has 1 N–H and O–H groups in total. The minimum Gasteiger partial charge on any atom is -0.362 e. The molecule has 0 aromatic heterocycles. The number of nitrogens with zero attached hydrogens (tertiary/aromatic N) is 3. The molecule has 1 unspecified atom stereocenters. The third-order valence-electron chi connectivity index (χ3n) is 5.35. The van der Waals surface area contributed by atoms with Gasteiger partial charge in [-0.05, 0) is 24.1 Å². The number of piperazine rings is 1. The SMILES string of the molecule is CC(C)C(NC(=O)c1ccccc1F)C(=O)N1CCN(c2ccccc2[N+](=O)[O-])CC1. The van der Waals surface area contributed by atoms with Gasteiger partial charge in [0.1, 0.15) is 17.5 Å². The second-order valence-corrected chi connectivity index (χ2v) is 7.73. The first-order valence-electron chi connectivity index (χ1n) is 10.1. The number of rotatable bonds is 6. The maximum absolute atomic E-state index is 13.9. The summed E-state index contributed by atoms with van der Waals surface area (Å²) in [5.41, 5.74) is 0.439. The van der Waals surface area contributed by atoms with Gasteiger partial charge in [-0.25, -0.2) is 4.39 Å². The predicted octanol–water partition coefficient (Wildman–Crippen LogP) is 2.84. The van der Waals surface area contributed by atoms with Crippen LogP contribution in [-0.2, 0) is 4.79 Å². The van der Waals surface area contributed by atoms with Crippen LogP contribution in [0, 0.1) is 21.8 Å². The molecular formula is C22H25FN4O4. The number of hydrogen-bond acceptors (Lipinski definition) is 5. The van der Waals surface area contributed by atoms with Crippen LogP contribution < -0.4 is 10.2 Å². The van der Waals surface area contributed by atoms with E-state index in [1.807, 2.05) is 18.7 Å². The van der Waals surface area contributed by atoms with Crippen molar-refractivity contribution in [2.45, 2.75) is 19.9 Å². The van der Waals surface area contributed by atoms with Crippen molar-refractivity contribution < 1.29 is 18.9 Å². The zero-order chi connectivity index (χ0) is 22.5. The Morgan fingerprint density at radius 3 is 2.26 bits per heavy atom. The molecule has 1 aliphatic heterocycles. The lowest BCUT2D eigenvalue weighted by atomic mass is 10.0. The Labute approximate surface area is 179 Å². The minimum atomic E-state index is -0.801. The quantitative estimate of drug-likeness (QED) is 0.564. The van der Waals surface area contributed by atoms with Crippen molar-refractivity contribution in [3.63, 3.8) is 0 Å². The molecule has 0 bridgehead atoms. The van der Waals surface area contributed by atoms with Gasteiger partial charge in [0.15, 0.2) is 0 Å². The number of nitro groups is 1.